The normalized spacial score (nSPS) is 11.3. The summed E-state index contributed by atoms with van der Waals surface area (Å²) in [5, 5.41) is 3.64. The molecule has 2 aromatic carbocycles. The van der Waals surface area contributed by atoms with Crippen molar-refractivity contribution in [3.8, 4) is 5.75 Å². The smallest absolute Gasteiger partial charge is 0.387 e. The predicted octanol–water partition coefficient (Wildman–Crippen LogP) is 5.41. The molecule has 0 aromatic heterocycles. The zero-order chi connectivity index (χ0) is 19.3. The van der Waals surface area contributed by atoms with Crippen molar-refractivity contribution in [3.63, 3.8) is 0 Å². The van der Waals surface area contributed by atoms with Gasteiger partial charge < -0.3 is 15.0 Å². The molecular formula is C20H24F2N2OS. The van der Waals surface area contributed by atoms with Gasteiger partial charge in [0, 0.05) is 19.3 Å². The summed E-state index contributed by atoms with van der Waals surface area (Å²) in [5.41, 5.74) is 3.29. The van der Waals surface area contributed by atoms with E-state index in [-0.39, 0.29) is 11.2 Å². The molecule has 0 amide bonds. The number of ether oxygens (including phenoxy) is 1. The number of halogens is 2. The predicted molar refractivity (Wildman–Crippen MR) is 106 cm³/mol. The lowest BCUT2D eigenvalue weighted by molar-refractivity contribution is -0.0498. The molecule has 0 saturated carbocycles. The zero-order valence-electron chi connectivity index (χ0n) is 15.4. The van der Waals surface area contributed by atoms with Crippen LogP contribution in [0.4, 0.5) is 14.5 Å². The molecule has 0 heterocycles. The molecule has 0 radical (unpaired) electrons. The second-order valence-electron chi connectivity index (χ2n) is 7.14. The minimum atomic E-state index is -2.83. The summed E-state index contributed by atoms with van der Waals surface area (Å²) >= 11 is 5.41. The van der Waals surface area contributed by atoms with Gasteiger partial charge in [-0.3, -0.25) is 0 Å². The minimum Gasteiger partial charge on any atom is -0.435 e. The number of rotatable bonds is 5. The first-order valence-corrected chi connectivity index (χ1v) is 8.72. The molecule has 0 atom stereocenters. The first-order chi connectivity index (χ1) is 12.1. The third-order valence-corrected chi connectivity index (χ3v) is 4.33. The molecule has 6 heteroatoms. The van der Waals surface area contributed by atoms with Gasteiger partial charge in [-0.1, -0.05) is 45.0 Å². The Bertz CT molecular complexity index is 725. The van der Waals surface area contributed by atoms with E-state index in [0.29, 0.717) is 17.3 Å². The van der Waals surface area contributed by atoms with E-state index in [9.17, 15) is 8.78 Å². The van der Waals surface area contributed by atoms with E-state index in [1.54, 1.807) is 12.1 Å². The molecule has 0 aliphatic rings. The van der Waals surface area contributed by atoms with Crippen LogP contribution in [0.1, 0.15) is 31.9 Å². The van der Waals surface area contributed by atoms with Crippen LogP contribution in [0.25, 0.3) is 0 Å². The van der Waals surface area contributed by atoms with Gasteiger partial charge in [-0.2, -0.15) is 8.78 Å². The number of nitrogens with one attached hydrogen (secondary N) is 1. The third-order valence-electron chi connectivity index (χ3n) is 3.92. The average Bonchev–Trinajstić information content (AvgIpc) is 2.55. The van der Waals surface area contributed by atoms with Crippen LogP contribution in [0.15, 0.2) is 48.5 Å². The van der Waals surface area contributed by atoms with E-state index in [1.807, 2.05) is 11.9 Å². The van der Waals surface area contributed by atoms with Crippen molar-refractivity contribution < 1.29 is 13.5 Å². The van der Waals surface area contributed by atoms with Crippen LogP contribution in [0.5, 0.6) is 5.75 Å². The Morgan fingerprint density at radius 3 is 2.15 bits per heavy atom. The number of alkyl halides is 2. The molecule has 140 valence electrons. The van der Waals surface area contributed by atoms with Gasteiger partial charge in [-0.15, -0.1) is 0 Å². The van der Waals surface area contributed by atoms with Crippen molar-refractivity contribution in [1.29, 1.82) is 0 Å². The molecule has 0 aliphatic heterocycles. The Kier molecular flexibility index (Phi) is 6.53. The fraction of sp³-hybridized carbons (Fsp3) is 0.350. The van der Waals surface area contributed by atoms with Gasteiger partial charge in [0.1, 0.15) is 5.75 Å². The largest absolute Gasteiger partial charge is 0.435 e. The summed E-state index contributed by atoms with van der Waals surface area (Å²) in [7, 11) is 1.90. The van der Waals surface area contributed by atoms with Gasteiger partial charge in [0.2, 0.25) is 0 Å². The maximum absolute atomic E-state index is 12.2. The van der Waals surface area contributed by atoms with E-state index >= 15 is 0 Å². The molecule has 0 fully saturated rings. The fourth-order valence-corrected chi connectivity index (χ4v) is 2.58. The van der Waals surface area contributed by atoms with Crippen LogP contribution in [0, 0.1) is 0 Å². The molecule has 2 rings (SSSR count). The number of thiocarbonyl (C=S) groups is 1. The SMILES string of the molecule is CN(Cc1ccc(C(C)(C)C)cc1)C(=S)Nc1ccc(OC(F)F)cc1. The van der Waals surface area contributed by atoms with Gasteiger partial charge in [0.25, 0.3) is 0 Å². The second kappa shape index (κ2) is 8.45. The fourth-order valence-electron chi connectivity index (χ4n) is 2.39. The summed E-state index contributed by atoms with van der Waals surface area (Å²) in [6.45, 7) is 4.40. The Morgan fingerprint density at radius 2 is 1.65 bits per heavy atom. The molecule has 0 aliphatic carbocycles. The highest BCUT2D eigenvalue weighted by atomic mass is 32.1. The van der Waals surface area contributed by atoms with E-state index < -0.39 is 6.61 Å². The first kappa shape index (κ1) is 20.1. The topological polar surface area (TPSA) is 24.5 Å². The number of benzene rings is 2. The Balaban J connectivity index is 1.93. The molecule has 2 aromatic rings. The number of nitrogens with zero attached hydrogens (tertiary/aromatic N) is 1. The van der Waals surface area contributed by atoms with Gasteiger partial charge in [0.05, 0.1) is 0 Å². The maximum atomic E-state index is 12.2. The van der Waals surface area contributed by atoms with Crippen LogP contribution >= 0.6 is 12.2 Å². The van der Waals surface area contributed by atoms with Crippen molar-refractivity contribution in [2.75, 3.05) is 12.4 Å². The lowest BCUT2D eigenvalue weighted by atomic mass is 9.87. The summed E-state index contributed by atoms with van der Waals surface area (Å²) in [5.74, 6) is 0.115. The zero-order valence-corrected chi connectivity index (χ0v) is 16.2. The van der Waals surface area contributed by atoms with Crippen molar-refractivity contribution in [3.05, 3.63) is 59.7 Å². The lowest BCUT2D eigenvalue weighted by Gasteiger charge is -2.23. The quantitative estimate of drug-likeness (QED) is 0.703. The molecule has 3 nitrogen and oxygen atoms in total. The van der Waals surface area contributed by atoms with Gasteiger partial charge in [-0.05, 0) is 53.0 Å². The molecule has 0 saturated heterocycles. The highest BCUT2D eigenvalue weighted by molar-refractivity contribution is 7.80. The molecule has 0 spiro atoms. The van der Waals surface area contributed by atoms with Crippen LogP contribution in [-0.2, 0) is 12.0 Å². The number of hydrogen-bond acceptors (Lipinski definition) is 2. The Labute approximate surface area is 159 Å². The molecule has 0 unspecified atom stereocenters. The standard InChI is InChI=1S/C20H24F2N2OS/c1-20(2,3)15-7-5-14(6-8-15)13-24(4)19(26)23-16-9-11-17(12-10-16)25-18(21)22/h5-12,18H,13H2,1-4H3,(H,23,26). The van der Waals surface area contributed by atoms with Gasteiger partial charge >= 0.3 is 6.61 Å². The molecule has 1 N–H and O–H groups in total. The van der Waals surface area contributed by atoms with Crippen LogP contribution in [-0.4, -0.2) is 23.7 Å². The summed E-state index contributed by atoms with van der Waals surface area (Å²) < 4.78 is 28.7. The van der Waals surface area contributed by atoms with Crippen molar-refractivity contribution in [2.24, 2.45) is 0 Å². The van der Waals surface area contributed by atoms with E-state index in [0.717, 1.165) is 5.56 Å². The number of anilines is 1. The first-order valence-electron chi connectivity index (χ1n) is 8.31. The van der Waals surface area contributed by atoms with E-state index in [1.165, 1.54) is 17.7 Å². The maximum Gasteiger partial charge on any atom is 0.387 e. The van der Waals surface area contributed by atoms with Crippen LogP contribution < -0.4 is 10.1 Å². The lowest BCUT2D eigenvalue weighted by Crippen LogP contribution is -2.30. The monoisotopic (exact) mass is 378 g/mol. The van der Waals surface area contributed by atoms with Crippen molar-refractivity contribution in [2.45, 2.75) is 39.3 Å². The average molecular weight is 378 g/mol. The van der Waals surface area contributed by atoms with E-state index in [2.05, 4.69) is 55.1 Å². The van der Waals surface area contributed by atoms with Crippen LogP contribution in [0.3, 0.4) is 0 Å². The van der Waals surface area contributed by atoms with Gasteiger partial charge in [-0.25, -0.2) is 0 Å². The molecule has 0 bridgehead atoms. The van der Waals surface area contributed by atoms with Gasteiger partial charge in [0.15, 0.2) is 5.11 Å². The second-order valence-corrected chi connectivity index (χ2v) is 7.52. The summed E-state index contributed by atoms with van der Waals surface area (Å²) in [6.07, 6.45) is 0. The molecular weight excluding hydrogens is 354 g/mol. The summed E-state index contributed by atoms with van der Waals surface area (Å²) in [4.78, 5) is 1.92. The summed E-state index contributed by atoms with van der Waals surface area (Å²) in [6, 6.07) is 14.7. The van der Waals surface area contributed by atoms with Crippen molar-refractivity contribution in [1.82, 2.24) is 4.90 Å². The van der Waals surface area contributed by atoms with Crippen molar-refractivity contribution >= 4 is 23.0 Å². The third kappa shape index (κ3) is 5.95. The van der Waals surface area contributed by atoms with Crippen LogP contribution in [0.2, 0.25) is 0 Å². The van der Waals surface area contributed by atoms with E-state index in [4.69, 9.17) is 12.2 Å². The highest BCUT2D eigenvalue weighted by Crippen LogP contribution is 2.22. The Hall–Kier alpha value is -2.21. The molecule has 26 heavy (non-hydrogen) atoms. The number of hydrogen-bond donors (Lipinski definition) is 1. The highest BCUT2D eigenvalue weighted by Gasteiger charge is 2.13. The Morgan fingerprint density at radius 1 is 1.08 bits per heavy atom. The minimum absolute atomic E-state index is 0.115.